The molecule has 0 amide bonds. The lowest BCUT2D eigenvalue weighted by molar-refractivity contribution is 0.00622. The second-order valence-corrected chi connectivity index (χ2v) is 4.75. The van der Waals surface area contributed by atoms with Gasteiger partial charge in [-0.1, -0.05) is 13.3 Å². The SMILES string of the molecule is CCCC(CCO)CNCC(O)COCCOCC. The van der Waals surface area contributed by atoms with Gasteiger partial charge in [0.2, 0.25) is 0 Å². The van der Waals surface area contributed by atoms with Crippen molar-refractivity contribution in [3.8, 4) is 0 Å². The Bertz CT molecular complexity index is 175. The van der Waals surface area contributed by atoms with Crippen LogP contribution < -0.4 is 5.32 Å². The van der Waals surface area contributed by atoms with Gasteiger partial charge >= 0.3 is 0 Å². The standard InChI is InChI=1S/C14H31NO4/c1-3-5-13(6-7-16)10-15-11-14(17)12-19-9-8-18-4-2/h13-17H,3-12H2,1-2H3. The van der Waals surface area contributed by atoms with Gasteiger partial charge in [0, 0.05) is 19.8 Å². The van der Waals surface area contributed by atoms with Gasteiger partial charge in [0.1, 0.15) is 0 Å². The van der Waals surface area contributed by atoms with Crippen molar-refractivity contribution < 1.29 is 19.7 Å². The van der Waals surface area contributed by atoms with Crippen LogP contribution in [0.3, 0.4) is 0 Å². The van der Waals surface area contributed by atoms with E-state index in [4.69, 9.17) is 14.6 Å². The highest BCUT2D eigenvalue weighted by Crippen LogP contribution is 2.09. The van der Waals surface area contributed by atoms with Crippen LogP contribution in [0.1, 0.15) is 33.1 Å². The molecule has 0 bridgehead atoms. The maximum absolute atomic E-state index is 9.70. The fourth-order valence-electron chi connectivity index (χ4n) is 1.93. The quantitative estimate of drug-likeness (QED) is 0.410. The van der Waals surface area contributed by atoms with E-state index in [1.807, 2.05) is 6.92 Å². The summed E-state index contributed by atoms with van der Waals surface area (Å²) in [5, 5.41) is 21.9. The molecular weight excluding hydrogens is 246 g/mol. The zero-order chi connectivity index (χ0) is 14.3. The van der Waals surface area contributed by atoms with Gasteiger partial charge in [-0.3, -0.25) is 0 Å². The van der Waals surface area contributed by atoms with Crippen LogP contribution in [-0.2, 0) is 9.47 Å². The molecule has 0 spiro atoms. The van der Waals surface area contributed by atoms with E-state index in [1.165, 1.54) is 0 Å². The van der Waals surface area contributed by atoms with Crippen LogP contribution in [0.25, 0.3) is 0 Å². The number of rotatable bonds is 14. The number of nitrogens with one attached hydrogen (secondary N) is 1. The van der Waals surface area contributed by atoms with Gasteiger partial charge in [-0.15, -0.1) is 0 Å². The first kappa shape index (κ1) is 18.8. The van der Waals surface area contributed by atoms with Crippen LogP contribution in [0.5, 0.6) is 0 Å². The highest BCUT2D eigenvalue weighted by Gasteiger charge is 2.09. The lowest BCUT2D eigenvalue weighted by Gasteiger charge is -2.17. The molecule has 0 aromatic rings. The normalized spacial score (nSPS) is 14.5. The molecule has 2 atom stereocenters. The minimum absolute atomic E-state index is 0.232. The number of ether oxygens (including phenoxy) is 2. The Morgan fingerprint density at radius 3 is 2.42 bits per heavy atom. The van der Waals surface area contributed by atoms with E-state index in [1.54, 1.807) is 0 Å². The molecule has 0 aromatic heterocycles. The molecule has 3 N–H and O–H groups in total. The number of aliphatic hydroxyl groups is 2. The van der Waals surface area contributed by atoms with Crippen molar-refractivity contribution in [3.05, 3.63) is 0 Å². The second-order valence-electron chi connectivity index (χ2n) is 4.75. The maximum Gasteiger partial charge on any atom is 0.0897 e. The van der Waals surface area contributed by atoms with Gasteiger partial charge in [0.15, 0.2) is 0 Å². The molecular formula is C14H31NO4. The third-order valence-corrected chi connectivity index (χ3v) is 2.93. The summed E-state index contributed by atoms with van der Waals surface area (Å²) in [5.74, 6) is 0.487. The van der Waals surface area contributed by atoms with E-state index < -0.39 is 6.10 Å². The first-order chi connectivity index (χ1) is 9.24. The third-order valence-electron chi connectivity index (χ3n) is 2.93. The van der Waals surface area contributed by atoms with Gasteiger partial charge < -0.3 is 25.0 Å². The van der Waals surface area contributed by atoms with Crippen molar-refractivity contribution in [1.82, 2.24) is 5.32 Å². The van der Waals surface area contributed by atoms with Crippen molar-refractivity contribution in [1.29, 1.82) is 0 Å². The molecule has 0 heterocycles. The van der Waals surface area contributed by atoms with Crippen molar-refractivity contribution in [2.75, 3.05) is 46.1 Å². The molecule has 0 aliphatic heterocycles. The predicted octanol–water partition coefficient (Wildman–Crippen LogP) is 0.789. The molecule has 0 saturated heterocycles. The van der Waals surface area contributed by atoms with E-state index >= 15 is 0 Å². The molecule has 0 saturated carbocycles. The first-order valence-corrected chi connectivity index (χ1v) is 7.39. The zero-order valence-electron chi connectivity index (χ0n) is 12.4. The Kier molecular flexibility index (Phi) is 14.1. The van der Waals surface area contributed by atoms with Crippen LogP contribution in [0.15, 0.2) is 0 Å². The zero-order valence-corrected chi connectivity index (χ0v) is 12.4. The molecule has 19 heavy (non-hydrogen) atoms. The van der Waals surface area contributed by atoms with Crippen LogP contribution in [0.4, 0.5) is 0 Å². The molecule has 2 unspecified atom stereocenters. The molecule has 116 valence electrons. The van der Waals surface area contributed by atoms with E-state index in [9.17, 15) is 5.11 Å². The maximum atomic E-state index is 9.70. The Balaban J connectivity index is 3.46. The van der Waals surface area contributed by atoms with Crippen LogP contribution in [-0.4, -0.2) is 62.4 Å². The molecule has 0 rings (SSSR count). The summed E-state index contributed by atoms with van der Waals surface area (Å²) in [5.41, 5.74) is 0. The largest absolute Gasteiger partial charge is 0.396 e. The fraction of sp³-hybridized carbons (Fsp3) is 1.00. The van der Waals surface area contributed by atoms with Crippen LogP contribution >= 0.6 is 0 Å². The Labute approximate surface area is 117 Å². The van der Waals surface area contributed by atoms with Gasteiger partial charge in [-0.2, -0.15) is 0 Å². The summed E-state index contributed by atoms with van der Waals surface area (Å²) in [6.07, 6.45) is 2.56. The predicted molar refractivity (Wildman–Crippen MR) is 76.3 cm³/mol. The van der Waals surface area contributed by atoms with E-state index in [2.05, 4.69) is 12.2 Å². The van der Waals surface area contributed by atoms with Gasteiger partial charge in [-0.25, -0.2) is 0 Å². The molecule has 5 nitrogen and oxygen atoms in total. The molecule has 0 aliphatic rings. The number of hydrogen-bond acceptors (Lipinski definition) is 5. The van der Waals surface area contributed by atoms with Crippen LogP contribution in [0, 0.1) is 5.92 Å². The van der Waals surface area contributed by atoms with Gasteiger partial charge in [0.25, 0.3) is 0 Å². The first-order valence-electron chi connectivity index (χ1n) is 7.39. The fourth-order valence-corrected chi connectivity index (χ4v) is 1.93. The van der Waals surface area contributed by atoms with Gasteiger partial charge in [-0.05, 0) is 32.2 Å². The highest BCUT2D eigenvalue weighted by atomic mass is 16.5. The van der Waals surface area contributed by atoms with Crippen molar-refractivity contribution in [3.63, 3.8) is 0 Å². The van der Waals surface area contributed by atoms with Crippen LogP contribution in [0.2, 0.25) is 0 Å². The Morgan fingerprint density at radius 2 is 1.79 bits per heavy atom. The Morgan fingerprint density at radius 1 is 1.05 bits per heavy atom. The topological polar surface area (TPSA) is 71.0 Å². The molecule has 0 radical (unpaired) electrons. The average Bonchev–Trinajstić information content (AvgIpc) is 2.39. The summed E-state index contributed by atoms with van der Waals surface area (Å²) < 4.78 is 10.4. The lowest BCUT2D eigenvalue weighted by Crippen LogP contribution is -2.34. The lowest BCUT2D eigenvalue weighted by atomic mass is 10.0. The number of aliphatic hydroxyl groups excluding tert-OH is 2. The van der Waals surface area contributed by atoms with E-state index in [-0.39, 0.29) is 6.61 Å². The molecule has 0 aliphatic carbocycles. The van der Waals surface area contributed by atoms with E-state index in [0.717, 1.165) is 25.8 Å². The molecule has 0 fully saturated rings. The minimum Gasteiger partial charge on any atom is -0.396 e. The van der Waals surface area contributed by atoms with Crippen molar-refractivity contribution in [2.24, 2.45) is 5.92 Å². The van der Waals surface area contributed by atoms with Gasteiger partial charge in [0.05, 0.1) is 25.9 Å². The molecule has 0 aromatic carbocycles. The Hall–Kier alpha value is -0.200. The van der Waals surface area contributed by atoms with Crippen molar-refractivity contribution in [2.45, 2.75) is 39.2 Å². The summed E-state index contributed by atoms with van der Waals surface area (Å²) >= 11 is 0. The summed E-state index contributed by atoms with van der Waals surface area (Å²) in [6, 6.07) is 0. The molecule has 5 heteroatoms. The highest BCUT2D eigenvalue weighted by molar-refractivity contribution is 4.65. The summed E-state index contributed by atoms with van der Waals surface area (Å²) in [4.78, 5) is 0. The summed E-state index contributed by atoms with van der Waals surface area (Å²) in [7, 11) is 0. The smallest absolute Gasteiger partial charge is 0.0897 e. The van der Waals surface area contributed by atoms with E-state index in [0.29, 0.717) is 38.9 Å². The minimum atomic E-state index is -0.488. The third kappa shape index (κ3) is 12.6. The second kappa shape index (κ2) is 14.2. The number of hydrogen-bond donors (Lipinski definition) is 3. The summed E-state index contributed by atoms with van der Waals surface area (Å²) in [6.45, 7) is 7.80. The monoisotopic (exact) mass is 277 g/mol. The average molecular weight is 277 g/mol. The van der Waals surface area contributed by atoms with Crippen molar-refractivity contribution >= 4 is 0 Å².